The Morgan fingerprint density at radius 2 is 1.72 bits per heavy atom. The lowest BCUT2D eigenvalue weighted by molar-refractivity contribution is 0.0240. The number of aliphatic hydroxyl groups is 1. The van der Waals surface area contributed by atoms with Crippen LogP contribution in [-0.4, -0.2) is 73.3 Å². The Labute approximate surface area is 272 Å². The van der Waals surface area contributed by atoms with Crippen molar-refractivity contribution in [3.8, 4) is 0 Å². The molecule has 1 aromatic carbocycles. The molecule has 0 bridgehead atoms. The van der Waals surface area contributed by atoms with Crippen LogP contribution in [0, 0.1) is 0 Å². The van der Waals surface area contributed by atoms with E-state index in [1.807, 2.05) is 49.3 Å². The second-order valence-corrected chi connectivity index (χ2v) is 14.5. The van der Waals surface area contributed by atoms with E-state index in [0.29, 0.717) is 49.9 Å². The first-order chi connectivity index (χ1) is 21.7. The fourth-order valence-electron chi connectivity index (χ4n) is 6.23. The second kappa shape index (κ2) is 13.5. The van der Waals surface area contributed by atoms with Gasteiger partial charge >= 0.3 is 6.09 Å². The van der Waals surface area contributed by atoms with Crippen LogP contribution in [0.25, 0.3) is 11.4 Å². The number of nitrogens with zero attached hydrogens (tertiary/aromatic N) is 6. The smallest absolute Gasteiger partial charge is 0.410 e. The van der Waals surface area contributed by atoms with Crippen molar-refractivity contribution in [2.75, 3.05) is 36.4 Å². The molecule has 0 radical (unpaired) electrons. The molecule has 11 nitrogen and oxygen atoms in total. The Balaban J connectivity index is 1.50. The first kappa shape index (κ1) is 33.5. The Morgan fingerprint density at radius 3 is 2.35 bits per heavy atom. The predicted octanol–water partition coefficient (Wildman–Crippen LogP) is 5.59. The fraction of sp³-hybridized carbons (Fsp3) is 0.600. The molecule has 1 aliphatic heterocycles. The molecule has 1 fully saturated rings. The van der Waals surface area contributed by atoms with Crippen molar-refractivity contribution in [2.24, 2.45) is 0 Å². The molecule has 3 heterocycles. The Kier molecular flexibility index (Phi) is 9.81. The zero-order valence-corrected chi connectivity index (χ0v) is 28.6. The van der Waals surface area contributed by atoms with Crippen LogP contribution < -0.4 is 15.8 Å². The summed E-state index contributed by atoms with van der Waals surface area (Å²) < 4.78 is 8.93. The molecule has 3 aromatic rings. The first-order valence-electron chi connectivity index (χ1n) is 16.7. The van der Waals surface area contributed by atoms with Crippen LogP contribution in [0.1, 0.15) is 97.7 Å². The number of benzene rings is 1. The van der Waals surface area contributed by atoms with Crippen LogP contribution in [0.2, 0.25) is 0 Å². The van der Waals surface area contributed by atoms with Crippen molar-refractivity contribution < 1.29 is 14.6 Å². The van der Waals surface area contributed by atoms with Gasteiger partial charge < -0.3 is 29.5 Å². The number of anilines is 2. The summed E-state index contributed by atoms with van der Waals surface area (Å²) in [5.74, 6) is 0.990. The van der Waals surface area contributed by atoms with Gasteiger partial charge in [-0.1, -0.05) is 52.3 Å². The van der Waals surface area contributed by atoms with E-state index >= 15 is 0 Å². The van der Waals surface area contributed by atoms with E-state index in [1.165, 1.54) is 10.1 Å². The molecule has 46 heavy (non-hydrogen) atoms. The molecule has 1 aliphatic carbocycles. The van der Waals surface area contributed by atoms with E-state index in [-0.39, 0.29) is 23.6 Å². The third-order valence-corrected chi connectivity index (χ3v) is 8.68. The van der Waals surface area contributed by atoms with Gasteiger partial charge in [0.05, 0.1) is 6.54 Å². The minimum absolute atomic E-state index is 0.0294. The molecule has 11 heteroatoms. The van der Waals surface area contributed by atoms with Gasteiger partial charge in [0.15, 0.2) is 5.82 Å². The van der Waals surface area contributed by atoms with Crippen LogP contribution in [0.5, 0.6) is 0 Å². The molecule has 2 aromatic heterocycles. The molecule has 1 unspecified atom stereocenters. The summed E-state index contributed by atoms with van der Waals surface area (Å²) in [6.07, 6.45) is 6.65. The Bertz CT molecular complexity index is 1620. The second-order valence-electron chi connectivity index (χ2n) is 14.5. The molecule has 2 N–H and O–H groups in total. The maximum Gasteiger partial charge on any atom is 0.410 e. The zero-order valence-electron chi connectivity index (χ0n) is 28.6. The van der Waals surface area contributed by atoms with Crippen molar-refractivity contribution >= 4 is 28.8 Å². The quantitative estimate of drug-likeness (QED) is 0.324. The van der Waals surface area contributed by atoms with E-state index < -0.39 is 11.8 Å². The third-order valence-electron chi connectivity index (χ3n) is 8.68. The standard InChI is InChI=1S/C35H51N7O4/c1-8-27-29(39-19-21-40(22-20-39)33(45)46-35(5,6)7)31(44)42-32(37-30(38-42)24-13-11-9-10-12-14-24)41(27)23-28(43)36-26-17-15-25(16-18-26)34(2,3)4/h13,15-18,28,36,43H,8-12,14,19-23H2,1-7H3. The number of hydrogen-bond donors (Lipinski definition) is 2. The minimum Gasteiger partial charge on any atom is -0.444 e. The normalized spacial score (nSPS) is 17.1. The van der Waals surface area contributed by atoms with Gasteiger partial charge in [-0.05, 0) is 81.6 Å². The summed E-state index contributed by atoms with van der Waals surface area (Å²) >= 11 is 0. The monoisotopic (exact) mass is 633 g/mol. The van der Waals surface area contributed by atoms with Gasteiger partial charge in [0.25, 0.3) is 5.56 Å². The molecular formula is C35H51N7O4. The molecule has 0 saturated carbocycles. The highest BCUT2D eigenvalue weighted by molar-refractivity contribution is 5.69. The number of amides is 1. The van der Waals surface area contributed by atoms with Crippen molar-refractivity contribution in [3.63, 3.8) is 0 Å². The number of aromatic nitrogens is 4. The molecule has 2 aliphatic rings. The number of nitrogens with one attached hydrogen (secondary N) is 1. The summed E-state index contributed by atoms with van der Waals surface area (Å²) in [5.41, 5.74) is 3.61. The lowest BCUT2D eigenvalue weighted by Gasteiger charge is -2.37. The average Bonchev–Trinajstić information content (AvgIpc) is 3.26. The van der Waals surface area contributed by atoms with Gasteiger partial charge in [-0.3, -0.25) is 4.79 Å². The highest BCUT2D eigenvalue weighted by atomic mass is 16.6. The molecule has 1 saturated heterocycles. The van der Waals surface area contributed by atoms with Crippen molar-refractivity contribution in [3.05, 3.63) is 57.8 Å². The highest BCUT2D eigenvalue weighted by Crippen LogP contribution is 2.27. The van der Waals surface area contributed by atoms with Gasteiger partial charge in [-0.2, -0.15) is 9.50 Å². The third kappa shape index (κ3) is 7.57. The van der Waals surface area contributed by atoms with E-state index in [4.69, 9.17) is 14.8 Å². The summed E-state index contributed by atoms with van der Waals surface area (Å²) in [6.45, 7) is 16.1. The summed E-state index contributed by atoms with van der Waals surface area (Å²) in [4.78, 5) is 35.6. The summed E-state index contributed by atoms with van der Waals surface area (Å²) in [6, 6.07) is 8.11. The summed E-state index contributed by atoms with van der Waals surface area (Å²) in [5, 5.41) is 19.4. The number of ether oxygens (including phenoxy) is 1. The Hall–Kier alpha value is -3.86. The number of carbonyl (C=O) groups is 1. The van der Waals surface area contributed by atoms with E-state index in [1.54, 1.807) is 4.90 Å². The van der Waals surface area contributed by atoms with Gasteiger partial charge in [0, 0.05) is 37.6 Å². The van der Waals surface area contributed by atoms with Crippen LogP contribution in [-0.2, 0) is 23.1 Å². The number of piperazine rings is 1. The Morgan fingerprint density at radius 1 is 1.02 bits per heavy atom. The van der Waals surface area contributed by atoms with Gasteiger partial charge in [0.1, 0.15) is 17.5 Å². The van der Waals surface area contributed by atoms with Gasteiger partial charge in [-0.15, -0.1) is 5.10 Å². The van der Waals surface area contributed by atoms with E-state index in [2.05, 4.69) is 44.3 Å². The van der Waals surface area contributed by atoms with Crippen molar-refractivity contribution in [1.82, 2.24) is 24.1 Å². The fourth-order valence-corrected chi connectivity index (χ4v) is 6.23. The number of aliphatic hydroxyl groups excluding tert-OH is 1. The molecule has 250 valence electrons. The van der Waals surface area contributed by atoms with E-state index in [0.717, 1.165) is 49.1 Å². The number of allylic oxidation sites excluding steroid dienone is 2. The van der Waals surface area contributed by atoms with Crippen LogP contribution in [0.15, 0.2) is 35.1 Å². The lowest BCUT2D eigenvalue weighted by atomic mass is 9.87. The highest BCUT2D eigenvalue weighted by Gasteiger charge is 2.30. The molecular weight excluding hydrogens is 582 g/mol. The van der Waals surface area contributed by atoms with Crippen LogP contribution in [0.4, 0.5) is 16.2 Å². The number of carbonyl (C=O) groups excluding carboxylic acids is 1. The lowest BCUT2D eigenvalue weighted by Crippen LogP contribution is -2.51. The SMILES string of the molecule is CCc1c(N2CCN(C(=O)OC(C)(C)C)CC2)c(=O)n2nc(C3=CCCCCC3)nc2n1CC(O)Nc1ccc(C(C)(C)C)cc1. The van der Waals surface area contributed by atoms with Crippen LogP contribution in [0.3, 0.4) is 0 Å². The molecule has 1 atom stereocenters. The average molecular weight is 634 g/mol. The molecule has 5 rings (SSSR count). The largest absolute Gasteiger partial charge is 0.444 e. The zero-order chi connectivity index (χ0) is 33.2. The van der Waals surface area contributed by atoms with E-state index in [9.17, 15) is 14.7 Å². The minimum atomic E-state index is -0.953. The molecule has 0 spiro atoms. The summed E-state index contributed by atoms with van der Waals surface area (Å²) in [7, 11) is 0. The molecule has 1 amide bonds. The van der Waals surface area contributed by atoms with Gasteiger partial charge in [0.2, 0.25) is 5.78 Å². The predicted molar refractivity (Wildman–Crippen MR) is 182 cm³/mol. The number of rotatable bonds is 7. The van der Waals surface area contributed by atoms with Crippen molar-refractivity contribution in [2.45, 2.75) is 111 Å². The van der Waals surface area contributed by atoms with Gasteiger partial charge in [-0.25, -0.2) is 4.79 Å². The first-order valence-corrected chi connectivity index (χ1v) is 16.7. The maximum absolute atomic E-state index is 14.2. The number of fused-ring (bicyclic) bond motifs is 1. The number of hydrogen-bond acceptors (Lipinski definition) is 8. The topological polar surface area (TPSA) is 117 Å². The van der Waals surface area contributed by atoms with Crippen LogP contribution >= 0.6 is 0 Å². The maximum atomic E-state index is 14.2. The van der Waals surface area contributed by atoms with Crippen molar-refractivity contribution in [1.29, 1.82) is 0 Å².